The van der Waals surface area contributed by atoms with Crippen molar-refractivity contribution in [3.63, 3.8) is 0 Å². The van der Waals surface area contributed by atoms with E-state index in [-0.39, 0.29) is 17.6 Å². The maximum atomic E-state index is 12.1. The van der Waals surface area contributed by atoms with E-state index in [0.29, 0.717) is 12.8 Å². The normalized spacial score (nSPS) is 11.4. The van der Waals surface area contributed by atoms with Gasteiger partial charge in [0.1, 0.15) is 0 Å². The zero-order valence-electron chi connectivity index (χ0n) is 13.3. The first kappa shape index (κ1) is 17.4. The van der Waals surface area contributed by atoms with Crippen molar-refractivity contribution in [3.8, 4) is 0 Å². The van der Waals surface area contributed by atoms with E-state index in [2.05, 4.69) is 20.8 Å². The van der Waals surface area contributed by atoms with Crippen molar-refractivity contribution in [2.75, 3.05) is 0 Å². The van der Waals surface area contributed by atoms with Gasteiger partial charge in [-0.3, -0.25) is 9.59 Å². The fraction of sp³-hybridized carbons (Fsp3) is 0.556. The molecule has 0 aliphatic carbocycles. The van der Waals surface area contributed by atoms with Gasteiger partial charge in [-0.15, -0.1) is 0 Å². The first-order valence-electron chi connectivity index (χ1n) is 7.66. The second-order valence-electron chi connectivity index (χ2n) is 6.56. The Balaban J connectivity index is 2.34. The van der Waals surface area contributed by atoms with Gasteiger partial charge >= 0.3 is 5.97 Å². The number of rotatable bonds is 8. The highest BCUT2D eigenvalue weighted by Crippen LogP contribution is 2.22. The van der Waals surface area contributed by atoms with Crippen molar-refractivity contribution < 1.29 is 14.7 Å². The molecule has 0 spiro atoms. The van der Waals surface area contributed by atoms with Crippen molar-refractivity contribution in [1.29, 1.82) is 0 Å². The minimum absolute atomic E-state index is 0.103. The molecule has 0 aromatic heterocycles. The number of unbranched alkanes of at least 4 members (excludes halogenated alkanes) is 3. The summed E-state index contributed by atoms with van der Waals surface area (Å²) < 4.78 is 0. The third kappa shape index (κ3) is 6.56. The molecule has 3 heteroatoms. The molecule has 0 atom stereocenters. The molecule has 0 amide bonds. The average Bonchev–Trinajstić information content (AvgIpc) is 2.41. The van der Waals surface area contributed by atoms with Gasteiger partial charge in [-0.05, 0) is 23.8 Å². The van der Waals surface area contributed by atoms with E-state index in [4.69, 9.17) is 5.11 Å². The van der Waals surface area contributed by atoms with Gasteiger partial charge in [0.15, 0.2) is 5.78 Å². The lowest BCUT2D eigenvalue weighted by Gasteiger charge is -2.18. The third-order valence-electron chi connectivity index (χ3n) is 3.62. The van der Waals surface area contributed by atoms with Gasteiger partial charge in [0.25, 0.3) is 0 Å². The number of benzene rings is 1. The topological polar surface area (TPSA) is 54.4 Å². The van der Waals surface area contributed by atoms with Crippen LogP contribution in [0.15, 0.2) is 24.3 Å². The van der Waals surface area contributed by atoms with E-state index in [1.54, 1.807) is 0 Å². The number of hydrogen-bond acceptors (Lipinski definition) is 2. The molecule has 0 radical (unpaired) electrons. The molecular formula is C18H26O3. The first-order chi connectivity index (χ1) is 9.80. The number of carboxylic acid groups (broad SMARTS) is 1. The summed E-state index contributed by atoms with van der Waals surface area (Å²) in [5.74, 6) is -0.571. The number of Topliss-reactive ketones (excluding diaryl/α,β-unsaturated/α-hetero) is 1. The van der Waals surface area contributed by atoms with Gasteiger partial charge in [0.2, 0.25) is 0 Å². The lowest BCUT2D eigenvalue weighted by atomic mass is 9.86. The number of hydrogen-bond donors (Lipinski definition) is 1. The monoisotopic (exact) mass is 290 g/mol. The molecule has 1 N–H and O–H groups in total. The molecule has 0 aliphatic heterocycles. The Morgan fingerprint density at radius 1 is 0.905 bits per heavy atom. The second kappa shape index (κ2) is 7.96. The van der Waals surface area contributed by atoms with E-state index in [0.717, 1.165) is 24.8 Å². The molecule has 0 fully saturated rings. The SMILES string of the molecule is CC(C)(C)c1ccc(C(=O)CCCCCCC(=O)O)cc1. The Morgan fingerprint density at radius 3 is 1.90 bits per heavy atom. The van der Waals surface area contributed by atoms with Crippen LogP contribution in [0.4, 0.5) is 0 Å². The van der Waals surface area contributed by atoms with Crippen LogP contribution in [0.5, 0.6) is 0 Å². The molecule has 0 aliphatic rings. The summed E-state index contributed by atoms with van der Waals surface area (Å²) in [6.45, 7) is 6.46. The number of aliphatic carboxylic acids is 1. The second-order valence-corrected chi connectivity index (χ2v) is 6.56. The van der Waals surface area contributed by atoms with Crippen molar-refractivity contribution in [2.24, 2.45) is 0 Å². The van der Waals surface area contributed by atoms with Crippen LogP contribution in [0.3, 0.4) is 0 Å². The summed E-state index contributed by atoms with van der Waals surface area (Å²) >= 11 is 0. The molecule has 3 nitrogen and oxygen atoms in total. The fourth-order valence-corrected chi connectivity index (χ4v) is 2.22. The third-order valence-corrected chi connectivity index (χ3v) is 3.62. The molecule has 1 rings (SSSR count). The molecule has 1 aromatic carbocycles. The van der Waals surface area contributed by atoms with Crippen LogP contribution in [0.1, 0.15) is 75.2 Å². The van der Waals surface area contributed by atoms with Crippen molar-refractivity contribution in [3.05, 3.63) is 35.4 Å². The summed E-state index contributed by atoms with van der Waals surface area (Å²) in [4.78, 5) is 22.4. The molecular weight excluding hydrogens is 264 g/mol. The molecule has 0 heterocycles. The quantitative estimate of drug-likeness (QED) is 0.562. The minimum atomic E-state index is -0.745. The van der Waals surface area contributed by atoms with Crippen molar-refractivity contribution in [2.45, 2.75) is 64.7 Å². The predicted molar refractivity (Wildman–Crippen MR) is 84.8 cm³/mol. The summed E-state index contributed by atoms with van der Waals surface area (Å²) in [6.07, 6.45) is 4.09. The number of carbonyl (C=O) groups is 2. The molecule has 0 saturated heterocycles. The maximum absolute atomic E-state index is 12.1. The highest BCUT2D eigenvalue weighted by Gasteiger charge is 2.14. The number of carbonyl (C=O) groups excluding carboxylic acids is 1. The van der Waals surface area contributed by atoms with Crippen LogP contribution in [0.2, 0.25) is 0 Å². The lowest BCUT2D eigenvalue weighted by molar-refractivity contribution is -0.137. The van der Waals surface area contributed by atoms with E-state index < -0.39 is 5.97 Å². The van der Waals surface area contributed by atoms with Crippen LogP contribution < -0.4 is 0 Å². The molecule has 21 heavy (non-hydrogen) atoms. The van der Waals surface area contributed by atoms with Crippen LogP contribution in [0.25, 0.3) is 0 Å². The Hall–Kier alpha value is -1.64. The fourth-order valence-electron chi connectivity index (χ4n) is 2.22. The molecule has 0 saturated carbocycles. The Morgan fingerprint density at radius 2 is 1.43 bits per heavy atom. The van der Waals surface area contributed by atoms with Gasteiger partial charge in [0, 0.05) is 18.4 Å². The van der Waals surface area contributed by atoms with Gasteiger partial charge in [-0.2, -0.15) is 0 Å². The van der Waals surface area contributed by atoms with Crippen molar-refractivity contribution in [1.82, 2.24) is 0 Å². The summed E-state index contributed by atoms with van der Waals surface area (Å²) in [5.41, 5.74) is 2.10. The molecule has 1 aromatic rings. The lowest BCUT2D eigenvalue weighted by Crippen LogP contribution is -2.11. The smallest absolute Gasteiger partial charge is 0.303 e. The molecule has 0 bridgehead atoms. The minimum Gasteiger partial charge on any atom is -0.481 e. The predicted octanol–water partition coefficient (Wildman–Crippen LogP) is 4.59. The van der Waals surface area contributed by atoms with Crippen LogP contribution in [0, 0.1) is 0 Å². The Kier molecular flexibility index (Phi) is 6.60. The van der Waals surface area contributed by atoms with Gasteiger partial charge in [-0.25, -0.2) is 0 Å². The number of ketones is 1. The zero-order valence-corrected chi connectivity index (χ0v) is 13.3. The maximum Gasteiger partial charge on any atom is 0.303 e. The summed E-state index contributed by atoms with van der Waals surface area (Å²) in [6, 6.07) is 7.88. The first-order valence-corrected chi connectivity index (χ1v) is 7.66. The largest absolute Gasteiger partial charge is 0.481 e. The van der Waals surface area contributed by atoms with E-state index in [1.807, 2.05) is 24.3 Å². The van der Waals surface area contributed by atoms with Crippen LogP contribution in [-0.2, 0) is 10.2 Å². The Bertz CT molecular complexity index is 466. The van der Waals surface area contributed by atoms with E-state index in [1.165, 1.54) is 5.56 Å². The molecule has 116 valence electrons. The van der Waals surface area contributed by atoms with Crippen LogP contribution in [-0.4, -0.2) is 16.9 Å². The Labute approximate surface area is 127 Å². The van der Waals surface area contributed by atoms with Gasteiger partial charge in [-0.1, -0.05) is 57.9 Å². The van der Waals surface area contributed by atoms with Gasteiger partial charge in [0.05, 0.1) is 0 Å². The van der Waals surface area contributed by atoms with Gasteiger partial charge < -0.3 is 5.11 Å². The summed E-state index contributed by atoms with van der Waals surface area (Å²) in [7, 11) is 0. The van der Waals surface area contributed by atoms with Crippen LogP contribution >= 0.6 is 0 Å². The average molecular weight is 290 g/mol. The zero-order chi connectivity index (χ0) is 15.9. The highest BCUT2D eigenvalue weighted by atomic mass is 16.4. The van der Waals surface area contributed by atoms with E-state index in [9.17, 15) is 9.59 Å². The highest BCUT2D eigenvalue weighted by molar-refractivity contribution is 5.96. The van der Waals surface area contributed by atoms with Crippen molar-refractivity contribution >= 4 is 11.8 Å². The molecule has 0 unspecified atom stereocenters. The standard InChI is InChI=1S/C18H26O3/c1-18(2,3)15-12-10-14(11-13-15)16(19)8-6-4-5-7-9-17(20)21/h10-13H,4-9H2,1-3H3,(H,20,21). The van der Waals surface area contributed by atoms with E-state index >= 15 is 0 Å². The number of carboxylic acids is 1. The summed E-state index contributed by atoms with van der Waals surface area (Å²) in [5, 5.41) is 8.53.